The minimum Gasteiger partial charge on any atom is -0.478 e. The van der Waals surface area contributed by atoms with Crippen molar-refractivity contribution in [2.75, 3.05) is 5.32 Å². The molecule has 1 amide bonds. The number of carbonyl (C=O) groups excluding carboxylic acids is 1. The average molecular weight is 372 g/mol. The number of halogens is 2. The van der Waals surface area contributed by atoms with Crippen molar-refractivity contribution in [3.8, 4) is 0 Å². The van der Waals surface area contributed by atoms with Gasteiger partial charge in [-0.3, -0.25) is 4.79 Å². The number of aromatic carboxylic acids is 1. The molecule has 0 atom stereocenters. The topological polar surface area (TPSA) is 66.4 Å². The van der Waals surface area contributed by atoms with Crippen LogP contribution < -0.4 is 5.32 Å². The fourth-order valence-electron chi connectivity index (χ4n) is 1.82. The summed E-state index contributed by atoms with van der Waals surface area (Å²) in [4.78, 5) is 24.2. The van der Waals surface area contributed by atoms with Crippen LogP contribution in [0, 0.1) is 19.7 Å². The van der Waals surface area contributed by atoms with Crippen LogP contribution in [0.25, 0.3) is 0 Å². The number of carbonyl (C=O) groups is 2. The van der Waals surface area contributed by atoms with Crippen LogP contribution in [0.4, 0.5) is 9.39 Å². The van der Waals surface area contributed by atoms with E-state index in [-0.39, 0.29) is 20.6 Å². The second kappa shape index (κ2) is 5.95. The summed E-state index contributed by atoms with van der Waals surface area (Å²) < 4.78 is 14.1. The smallest absolute Gasteiger partial charge is 0.338 e. The van der Waals surface area contributed by atoms with Gasteiger partial charge in [-0.2, -0.15) is 0 Å². The van der Waals surface area contributed by atoms with E-state index in [2.05, 4.69) is 21.2 Å². The van der Waals surface area contributed by atoms with Gasteiger partial charge in [-0.05, 0) is 47.5 Å². The quantitative estimate of drug-likeness (QED) is 0.848. The van der Waals surface area contributed by atoms with Crippen LogP contribution in [-0.2, 0) is 0 Å². The van der Waals surface area contributed by atoms with Crippen molar-refractivity contribution in [2.24, 2.45) is 0 Å². The highest BCUT2D eigenvalue weighted by Crippen LogP contribution is 2.33. The van der Waals surface area contributed by atoms with Gasteiger partial charge in [-0.15, -0.1) is 11.3 Å². The van der Waals surface area contributed by atoms with E-state index >= 15 is 0 Å². The summed E-state index contributed by atoms with van der Waals surface area (Å²) in [7, 11) is 0. The number of aryl methyl sites for hydroxylation is 1. The first-order valence-electron chi connectivity index (χ1n) is 5.91. The van der Waals surface area contributed by atoms with E-state index in [1.54, 1.807) is 13.8 Å². The van der Waals surface area contributed by atoms with E-state index in [4.69, 9.17) is 0 Å². The summed E-state index contributed by atoms with van der Waals surface area (Å²) in [5.74, 6) is -2.49. The van der Waals surface area contributed by atoms with Gasteiger partial charge in [-0.25, -0.2) is 9.18 Å². The number of carboxylic acid groups (broad SMARTS) is 1. The Hall–Kier alpha value is -1.73. The number of benzene rings is 1. The molecule has 7 heteroatoms. The maximum atomic E-state index is 13.9. The maximum Gasteiger partial charge on any atom is 0.338 e. The molecule has 0 saturated heterocycles. The Kier molecular flexibility index (Phi) is 4.43. The molecule has 0 spiro atoms. The molecule has 2 N–H and O–H groups in total. The number of hydrogen-bond donors (Lipinski definition) is 2. The van der Waals surface area contributed by atoms with E-state index in [1.165, 1.54) is 18.2 Å². The van der Waals surface area contributed by atoms with Crippen LogP contribution in [-0.4, -0.2) is 17.0 Å². The van der Waals surface area contributed by atoms with Crippen molar-refractivity contribution in [1.29, 1.82) is 0 Å². The average Bonchev–Trinajstić information content (AvgIpc) is 2.67. The molecular formula is C14H11BrFNO3S. The second-order valence-electron chi connectivity index (χ2n) is 4.35. The van der Waals surface area contributed by atoms with E-state index < -0.39 is 17.7 Å². The fraction of sp³-hybridized carbons (Fsp3) is 0.143. The summed E-state index contributed by atoms with van der Waals surface area (Å²) in [6, 6.07) is 4.35. The highest BCUT2D eigenvalue weighted by atomic mass is 79.9. The molecule has 0 saturated carbocycles. The van der Waals surface area contributed by atoms with Gasteiger partial charge in [0.05, 0.1) is 15.6 Å². The molecular weight excluding hydrogens is 361 g/mol. The summed E-state index contributed by atoms with van der Waals surface area (Å²) >= 11 is 4.16. The molecule has 2 rings (SSSR count). The van der Waals surface area contributed by atoms with E-state index in [9.17, 15) is 19.1 Å². The van der Waals surface area contributed by atoms with Gasteiger partial charge < -0.3 is 10.4 Å². The number of anilines is 1. The Labute approximate surface area is 132 Å². The lowest BCUT2D eigenvalue weighted by Gasteiger charge is -2.06. The Morgan fingerprint density at radius 2 is 2.00 bits per heavy atom. The van der Waals surface area contributed by atoms with Crippen LogP contribution in [0.2, 0.25) is 0 Å². The molecule has 110 valence electrons. The monoisotopic (exact) mass is 371 g/mol. The van der Waals surface area contributed by atoms with E-state index in [0.717, 1.165) is 16.2 Å². The number of hydrogen-bond acceptors (Lipinski definition) is 3. The Morgan fingerprint density at radius 1 is 1.33 bits per heavy atom. The number of rotatable bonds is 3. The Balaban J connectivity index is 2.39. The maximum absolute atomic E-state index is 13.9. The van der Waals surface area contributed by atoms with Crippen LogP contribution in [0.1, 0.15) is 31.2 Å². The number of amides is 1. The minimum absolute atomic E-state index is 0.0428. The third-order valence-corrected chi connectivity index (χ3v) is 4.76. The highest BCUT2D eigenvalue weighted by molar-refractivity contribution is 9.10. The summed E-state index contributed by atoms with van der Waals surface area (Å²) in [5, 5.41) is 11.9. The molecule has 0 aliphatic heterocycles. The van der Waals surface area contributed by atoms with Gasteiger partial charge >= 0.3 is 5.97 Å². The molecule has 0 radical (unpaired) electrons. The molecule has 0 aliphatic carbocycles. The summed E-state index contributed by atoms with van der Waals surface area (Å²) in [5.41, 5.74) is 0.489. The molecule has 1 aromatic heterocycles. The zero-order chi connectivity index (χ0) is 15.7. The van der Waals surface area contributed by atoms with Crippen molar-refractivity contribution in [3.63, 3.8) is 0 Å². The molecule has 1 aromatic carbocycles. The summed E-state index contributed by atoms with van der Waals surface area (Å²) in [6.07, 6.45) is 0. The van der Waals surface area contributed by atoms with Crippen molar-refractivity contribution in [3.05, 3.63) is 50.1 Å². The van der Waals surface area contributed by atoms with Gasteiger partial charge in [0.15, 0.2) is 0 Å². The molecule has 0 unspecified atom stereocenters. The van der Waals surface area contributed by atoms with Gasteiger partial charge in [0.1, 0.15) is 10.8 Å². The predicted octanol–water partition coefficient (Wildman–Crippen LogP) is 4.22. The first-order valence-corrected chi connectivity index (χ1v) is 7.52. The second-order valence-corrected chi connectivity index (χ2v) is 6.43. The van der Waals surface area contributed by atoms with Crippen molar-refractivity contribution in [2.45, 2.75) is 13.8 Å². The number of nitrogens with one attached hydrogen (secondary N) is 1. The third kappa shape index (κ3) is 2.98. The number of thiophene rings is 1. The molecule has 0 bridgehead atoms. The zero-order valence-corrected chi connectivity index (χ0v) is 13.6. The fourth-order valence-corrected chi connectivity index (χ4v) is 3.24. The Bertz CT molecular complexity index is 742. The van der Waals surface area contributed by atoms with Crippen molar-refractivity contribution >= 4 is 44.1 Å². The largest absolute Gasteiger partial charge is 0.478 e. The van der Waals surface area contributed by atoms with Crippen LogP contribution in [0.3, 0.4) is 0 Å². The Morgan fingerprint density at radius 3 is 2.62 bits per heavy atom. The van der Waals surface area contributed by atoms with Gasteiger partial charge in [0, 0.05) is 4.88 Å². The third-order valence-electron chi connectivity index (χ3n) is 3.02. The molecule has 1 heterocycles. The molecule has 21 heavy (non-hydrogen) atoms. The molecule has 2 aromatic rings. The molecule has 4 nitrogen and oxygen atoms in total. The number of carboxylic acids is 1. The normalized spacial score (nSPS) is 10.5. The highest BCUT2D eigenvalue weighted by Gasteiger charge is 2.22. The lowest BCUT2D eigenvalue weighted by Crippen LogP contribution is -2.15. The lowest BCUT2D eigenvalue weighted by molar-refractivity contribution is 0.0697. The van der Waals surface area contributed by atoms with Crippen molar-refractivity contribution < 1.29 is 19.1 Å². The van der Waals surface area contributed by atoms with Gasteiger partial charge in [-0.1, -0.05) is 6.07 Å². The SMILES string of the molecule is Cc1sc(NC(=O)c2cccc(Br)c2F)c(C(=O)O)c1C. The molecule has 0 aliphatic rings. The van der Waals surface area contributed by atoms with Crippen LogP contribution >= 0.6 is 27.3 Å². The molecule has 0 fully saturated rings. The van der Waals surface area contributed by atoms with Gasteiger partial charge in [0.25, 0.3) is 5.91 Å². The summed E-state index contributed by atoms with van der Waals surface area (Å²) in [6.45, 7) is 3.44. The van der Waals surface area contributed by atoms with Crippen molar-refractivity contribution in [1.82, 2.24) is 0 Å². The first kappa shape index (κ1) is 15.7. The van der Waals surface area contributed by atoms with E-state index in [0.29, 0.717) is 5.56 Å². The predicted molar refractivity (Wildman–Crippen MR) is 82.8 cm³/mol. The van der Waals surface area contributed by atoms with E-state index in [1.807, 2.05) is 0 Å². The minimum atomic E-state index is -1.12. The first-order chi connectivity index (χ1) is 9.82. The lowest BCUT2D eigenvalue weighted by atomic mass is 10.1. The van der Waals surface area contributed by atoms with Crippen LogP contribution in [0.15, 0.2) is 22.7 Å². The van der Waals surface area contributed by atoms with Crippen LogP contribution in [0.5, 0.6) is 0 Å². The van der Waals surface area contributed by atoms with Gasteiger partial charge in [0.2, 0.25) is 0 Å². The standard InChI is InChI=1S/C14H11BrFNO3S/c1-6-7(2)21-13(10(6)14(19)20)17-12(18)8-4-3-5-9(15)11(8)16/h3-5H,1-2H3,(H,17,18)(H,19,20). The zero-order valence-electron chi connectivity index (χ0n) is 11.2.